The standard InChI is InChI=1S/C16H18BrNOS2/c1-19-14-3-2-10(6-12(14)17)7-13(18)16-8-11-9-20-5-4-15(11)21-16/h2-3,6,8,13H,4-5,7,9,18H2,1H3. The molecule has 0 amide bonds. The van der Waals surface area contributed by atoms with Gasteiger partial charge in [-0.2, -0.15) is 11.8 Å². The maximum absolute atomic E-state index is 6.42. The third kappa shape index (κ3) is 3.47. The summed E-state index contributed by atoms with van der Waals surface area (Å²) in [6, 6.07) is 8.57. The Hall–Kier alpha value is -0.490. The maximum Gasteiger partial charge on any atom is 0.133 e. The molecular weight excluding hydrogens is 366 g/mol. The molecule has 0 aliphatic carbocycles. The average molecular weight is 384 g/mol. The number of rotatable bonds is 4. The molecule has 1 aliphatic heterocycles. The Kier molecular flexibility index (Phi) is 4.94. The zero-order valence-corrected chi connectivity index (χ0v) is 15.1. The van der Waals surface area contributed by atoms with Gasteiger partial charge in [-0.1, -0.05) is 6.07 Å². The number of halogens is 1. The topological polar surface area (TPSA) is 35.2 Å². The van der Waals surface area contributed by atoms with Crippen LogP contribution in [0.2, 0.25) is 0 Å². The number of hydrogen-bond donors (Lipinski definition) is 1. The molecule has 2 aromatic rings. The van der Waals surface area contributed by atoms with Gasteiger partial charge in [-0.15, -0.1) is 11.3 Å². The predicted octanol–water partition coefficient (Wildman–Crippen LogP) is 4.55. The van der Waals surface area contributed by atoms with Gasteiger partial charge in [-0.25, -0.2) is 0 Å². The lowest BCUT2D eigenvalue weighted by molar-refractivity contribution is 0.412. The van der Waals surface area contributed by atoms with Gasteiger partial charge in [-0.05, 0) is 63.9 Å². The highest BCUT2D eigenvalue weighted by Crippen LogP contribution is 2.35. The second-order valence-electron chi connectivity index (χ2n) is 5.18. The van der Waals surface area contributed by atoms with Crippen molar-refractivity contribution in [3.63, 3.8) is 0 Å². The van der Waals surface area contributed by atoms with Crippen molar-refractivity contribution in [3.8, 4) is 5.75 Å². The SMILES string of the molecule is COc1ccc(CC(N)c2cc3c(s2)CCSC3)cc1Br. The Morgan fingerprint density at radius 1 is 1.38 bits per heavy atom. The smallest absolute Gasteiger partial charge is 0.133 e. The fraction of sp³-hybridized carbons (Fsp3) is 0.375. The Morgan fingerprint density at radius 2 is 2.24 bits per heavy atom. The molecule has 0 spiro atoms. The Bertz CT molecular complexity index is 618. The van der Waals surface area contributed by atoms with Crippen LogP contribution >= 0.6 is 39.0 Å². The molecule has 5 heteroatoms. The number of ether oxygens (including phenoxy) is 1. The van der Waals surface area contributed by atoms with E-state index in [1.54, 1.807) is 7.11 Å². The largest absolute Gasteiger partial charge is 0.496 e. The van der Waals surface area contributed by atoms with Gasteiger partial charge < -0.3 is 10.5 Å². The van der Waals surface area contributed by atoms with Gasteiger partial charge in [0.2, 0.25) is 0 Å². The van der Waals surface area contributed by atoms with Crippen LogP contribution in [-0.2, 0) is 18.6 Å². The summed E-state index contributed by atoms with van der Waals surface area (Å²) in [6.07, 6.45) is 2.06. The van der Waals surface area contributed by atoms with Crippen molar-refractivity contribution in [2.24, 2.45) is 5.73 Å². The minimum atomic E-state index is 0.0749. The zero-order valence-electron chi connectivity index (χ0n) is 11.9. The molecule has 2 nitrogen and oxygen atoms in total. The Labute approximate surface area is 142 Å². The summed E-state index contributed by atoms with van der Waals surface area (Å²) in [6.45, 7) is 0. The number of fused-ring (bicyclic) bond motifs is 1. The molecule has 1 aromatic carbocycles. The molecular formula is C16H18BrNOS2. The molecule has 0 saturated heterocycles. The summed E-state index contributed by atoms with van der Waals surface area (Å²) in [4.78, 5) is 2.85. The molecule has 0 fully saturated rings. The molecule has 0 saturated carbocycles. The lowest BCUT2D eigenvalue weighted by Crippen LogP contribution is -2.11. The number of thiophene rings is 1. The third-order valence-corrected chi connectivity index (χ3v) is 6.68. The van der Waals surface area contributed by atoms with Crippen molar-refractivity contribution >= 4 is 39.0 Å². The van der Waals surface area contributed by atoms with E-state index in [1.807, 2.05) is 29.2 Å². The van der Waals surface area contributed by atoms with E-state index in [-0.39, 0.29) is 6.04 Å². The second-order valence-corrected chi connectivity index (χ2v) is 8.31. The molecule has 1 aliphatic rings. The molecule has 1 unspecified atom stereocenters. The van der Waals surface area contributed by atoms with E-state index < -0.39 is 0 Å². The highest BCUT2D eigenvalue weighted by molar-refractivity contribution is 9.10. The first kappa shape index (κ1) is 15.4. The molecule has 112 valence electrons. The molecule has 0 bridgehead atoms. The van der Waals surface area contributed by atoms with Crippen LogP contribution in [0.5, 0.6) is 5.75 Å². The van der Waals surface area contributed by atoms with Crippen molar-refractivity contribution in [2.45, 2.75) is 24.6 Å². The summed E-state index contributed by atoms with van der Waals surface area (Å²) in [5, 5.41) is 0. The lowest BCUT2D eigenvalue weighted by atomic mass is 10.0. The highest BCUT2D eigenvalue weighted by atomic mass is 79.9. The second kappa shape index (κ2) is 6.73. The number of hydrogen-bond acceptors (Lipinski definition) is 4. The van der Waals surface area contributed by atoms with Crippen LogP contribution in [0.4, 0.5) is 0 Å². The van der Waals surface area contributed by atoms with Gasteiger partial charge in [0.25, 0.3) is 0 Å². The van der Waals surface area contributed by atoms with E-state index in [2.05, 4.69) is 34.1 Å². The lowest BCUT2D eigenvalue weighted by Gasteiger charge is -2.11. The number of aryl methyl sites for hydroxylation is 1. The third-order valence-electron chi connectivity index (χ3n) is 3.68. The maximum atomic E-state index is 6.42. The minimum Gasteiger partial charge on any atom is -0.496 e. The average Bonchev–Trinajstić information content (AvgIpc) is 2.91. The molecule has 0 radical (unpaired) electrons. The van der Waals surface area contributed by atoms with E-state index in [1.165, 1.54) is 33.1 Å². The summed E-state index contributed by atoms with van der Waals surface area (Å²) in [5.74, 6) is 3.25. The molecule has 3 rings (SSSR count). The molecule has 1 aromatic heterocycles. The van der Waals surface area contributed by atoms with E-state index in [0.29, 0.717) is 0 Å². The van der Waals surface area contributed by atoms with Gasteiger partial charge >= 0.3 is 0 Å². The van der Waals surface area contributed by atoms with E-state index in [4.69, 9.17) is 10.5 Å². The molecule has 1 atom stereocenters. The summed E-state index contributed by atoms with van der Waals surface area (Å²) in [7, 11) is 1.68. The van der Waals surface area contributed by atoms with Crippen LogP contribution in [0.15, 0.2) is 28.7 Å². The minimum absolute atomic E-state index is 0.0749. The molecule has 2 heterocycles. The van der Waals surface area contributed by atoms with E-state index in [0.717, 1.165) is 22.4 Å². The Balaban J connectivity index is 1.75. The van der Waals surface area contributed by atoms with Crippen molar-refractivity contribution < 1.29 is 4.74 Å². The van der Waals surface area contributed by atoms with Crippen molar-refractivity contribution in [1.82, 2.24) is 0 Å². The van der Waals surface area contributed by atoms with Gasteiger partial charge in [0.15, 0.2) is 0 Å². The van der Waals surface area contributed by atoms with Gasteiger partial charge in [0, 0.05) is 21.5 Å². The molecule has 2 N–H and O–H groups in total. The fourth-order valence-electron chi connectivity index (χ4n) is 2.54. The molecule has 21 heavy (non-hydrogen) atoms. The number of methoxy groups -OCH3 is 1. The highest BCUT2D eigenvalue weighted by Gasteiger charge is 2.17. The van der Waals surface area contributed by atoms with Gasteiger partial charge in [-0.3, -0.25) is 0 Å². The predicted molar refractivity (Wildman–Crippen MR) is 95.5 cm³/mol. The van der Waals surface area contributed by atoms with Crippen molar-refractivity contribution in [1.29, 1.82) is 0 Å². The summed E-state index contributed by atoms with van der Waals surface area (Å²) >= 11 is 7.45. The van der Waals surface area contributed by atoms with Crippen LogP contribution < -0.4 is 10.5 Å². The van der Waals surface area contributed by atoms with Crippen LogP contribution in [0.1, 0.15) is 26.9 Å². The zero-order chi connectivity index (χ0) is 14.8. The van der Waals surface area contributed by atoms with Crippen molar-refractivity contribution in [2.75, 3.05) is 12.9 Å². The van der Waals surface area contributed by atoms with Crippen LogP contribution in [0.3, 0.4) is 0 Å². The van der Waals surface area contributed by atoms with E-state index in [9.17, 15) is 0 Å². The van der Waals surface area contributed by atoms with Crippen LogP contribution in [-0.4, -0.2) is 12.9 Å². The fourth-order valence-corrected chi connectivity index (χ4v) is 5.51. The summed E-state index contributed by atoms with van der Waals surface area (Å²) in [5.41, 5.74) is 9.15. The number of nitrogens with two attached hydrogens (primary N) is 1. The van der Waals surface area contributed by atoms with Crippen LogP contribution in [0.25, 0.3) is 0 Å². The summed E-state index contributed by atoms with van der Waals surface area (Å²) < 4.78 is 6.25. The van der Waals surface area contributed by atoms with Gasteiger partial charge in [0.1, 0.15) is 5.75 Å². The first-order chi connectivity index (χ1) is 10.2. The quantitative estimate of drug-likeness (QED) is 0.840. The normalized spacial score (nSPS) is 15.6. The first-order valence-corrected chi connectivity index (χ1v) is 9.71. The van der Waals surface area contributed by atoms with Gasteiger partial charge in [0.05, 0.1) is 11.6 Å². The first-order valence-electron chi connectivity index (χ1n) is 6.94. The van der Waals surface area contributed by atoms with E-state index >= 15 is 0 Å². The monoisotopic (exact) mass is 383 g/mol. The van der Waals surface area contributed by atoms with Crippen molar-refractivity contribution in [3.05, 3.63) is 49.6 Å². The number of benzene rings is 1. The van der Waals surface area contributed by atoms with Crippen LogP contribution in [0, 0.1) is 0 Å². The number of thioether (sulfide) groups is 1. The Morgan fingerprint density at radius 3 is 2.95 bits per heavy atom.